The van der Waals surface area contributed by atoms with Crippen LogP contribution >= 0.6 is 0 Å². The van der Waals surface area contributed by atoms with E-state index in [4.69, 9.17) is 4.74 Å². The number of methoxy groups -OCH3 is 1. The minimum atomic E-state index is -4.45. The number of benzene rings is 1. The Morgan fingerprint density at radius 1 is 1.35 bits per heavy atom. The average molecular weight is 283 g/mol. The molecule has 0 spiro atoms. The third-order valence-electron chi connectivity index (χ3n) is 2.58. The molecule has 0 N–H and O–H groups in total. The molecular weight excluding hydrogens is 271 g/mol. The number of allylic oxidation sites excluding steroid dienone is 1. The number of halogens is 3. The SMILES string of the molecule is C=CCn1cnc(-c2cc(OC)cc(C(F)(F)F)c2)n1. The van der Waals surface area contributed by atoms with Gasteiger partial charge in [-0.3, -0.25) is 0 Å². The lowest BCUT2D eigenvalue weighted by Gasteiger charge is -2.10. The summed E-state index contributed by atoms with van der Waals surface area (Å²) in [6.07, 6.45) is -1.40. The van der Waals surface area contributed by atoms with Gasteiger partial charge in [0.1, 0.15) is 12.1 Å². The minimum absolute atomic E-state index is 0.106. The van der Waals surface area contributed by atoms with Gasteiger partial charge in [-0.25, -0.2) is 9.67 Å². The third kappa shape index (κ3) is 2.98. The molecule has 0 aliphatic carbocycles. The zero-order valence-electron chi connectivity index (χ0n) is 10.7. The first kappa shape index (κ1) is 14.1. The summed E-state index contributed by atoms with van der Waals surface area (Å²) in [4.78, 5) is 3.98. The summed E-state index contributed by atoms with van der Waals surface area (Å²) in [5.41, 5.74) is -0.550. The summed E-state index contributed by atoms with van der Waals surface area (Å²) in [6, 6.07) is 3.39. The van der Waals surface area contributed by atoms with Gasteiger partial charge in [0.15, 0.2) is 5.82 Å². The first-order valence-corrected chi connectivity index (χ1v) is 5.71. The predicted octanol–water partition coefficient (Wildman–Crippen LogP) is 3.16. The average Bonchev–Trinajstić information content (AvgIpc) is 2.86. The summed E-state index contributed by atoms with van der Waals surface area (Å²) in [7, 11) is 1.31. The van der Waals surface area contributed by atoms with E-state index in [0.717, 1.165) is 12.1 Å². The first-order valence-electron chi connectivity index (χ1n) is 5.71. The summed E-state index contributed by atoms with van der Waals surface area (Å²) in [5, 5.41) is 4.08. The lowest BCUT2D eigenvalue weighted by molar-refractivity contribution is -0.137. The molecule has 1 heterocycles. The van der Waals surface area contributed by atoms with Gasteiger partial charge in [0.05, 0.1) is 19.2 Å². The van der Waals surface area contributed by atoms with E-state index in [1.54, 1.807) is 6.08 Å². The highest BCUT2D eigenvalue weighted by atomic mass is 19.4. The van der Waals surface area contributed by atoms with Gasteiger partial charge in [0.25, 0.3) is 0 Å². The van der Waals surface area contributed by atoms with E-state index in [0.29, 0.717) is 6.54 Å². The van der Waals surface area contributed by atoms with Gasteiger partial charge in [0, 0.05) is 5.56 Å². The maximum atomic E-state index is 12.8. The number of rotatable bonds is 4. The highest BCUT2D eigenvalue weighted by molar-refractivity contribution is 5.59. The van der Waals surface area contributed by atoms with Crippen molar-refractivity contribution >= 4 is 0 Å². The fourth-order valence-corrected chi connectivity index (χ4v) is 1.66. The fraction of sp³-hybridized carbons (Fsp3) is 0.231. The van der Waals surface area contributed by atoms with Crippen LogP contribution in [0.2, 0.25) is 0 Å². The van der Waals surface area contributed by atoms with Crippen molar-refractivity contribution in [2.45, 2.75) is 12.7 Å². The molecule has 4 nitrogen and oxygen atoms in total. The molecule has 0 fully saturated rings. The van der Waals surface area contributed by atoms with Crippen molar-refractivity contribution in [2.75, 3.05) is 7.11 Å². The molecule has 2 rings (SSSR count). The van der Waals surface area contributed by atoms with Crippen LogP contribution in [0.3, 0.4) is 0 Å². The number of ether oxygens (including phenoxy) is 1. The molecule has 20 heavy (non-hydrogen) atoms. The Morgan fingerprint density at radius 2 is 2.10 bits per heavy atom. The second-order valence-corrected chi connectivity index (χ2v) is 4.03. The Labute approximate surface area is 113 Å². The van der Waals surface area contributed by atoms with Crippen LogP contribution in [0.5, 0.6) is 5.75 Å². The predicted molar refractivity (Wildman–Crippen MR) is 67.2 cm³/mol. The van der Waals surface area contributed by atoms with Gasteiger partial charge in [-0.2, -0.15) is 18.3 Å². The van der Waals surface area contributed by atoms with Crippen LogP contribution in [0.4, 0.5) is 13.2 Å². The van der Waals surface area contributed by atoms with E-state index < -0.39 is 11.7 Å². The molecule has 0 atom stereocenters. The van der Waals surface area contributed by atoms with Crippen LogP contribution in [-0.2, 0) is 12.7 Å². The molecule has 0 aliphatic heterocycles. The van der Waals surface area contributed by atoms with Crippen LogP contribution in [0.25, 0.3) is 11.4 Å². The quantitative estimate of drug-likeness (QED) is 0.809. The van der Waals surface area contributed by atoms with Gasteiger partial charge in [0.2, 0.25) is 0 Å². The van der Waals surface area contributed by atoms with Crippen LogP contribution in [0.1, 0.15) is 5.56 Å². The Morgan fingerprint density at radius 3 is 2.70 bits per heavy atom. The van der Waals surface area contributed by atoms with Gasteiger partial charge in [-0.1, -0.05) is 6.08 Å². The Kier molecular flexibility index (Phi) is 3.78. The minimum Gasteiger partial charge on any atom is -0.497 e. The zero-order chi connectivity index (χ0) is 14.8. The molecular formula is C13H12F3N3O. The maximum Gasteiger partial charge on any atom is 0.416 e. The second-order valence-electron chi connectivity index (χ2n) is 4.03. The van der Waals surface area contributed by atoms with Crippen molar-refractivity contribution in [3.05, 3.63) is 42.7 Å². The van der Waals surface area contributed by atoms with E-state index in [2.05, 4.69) is 16.7 Å². The Bertz CT molecular complexity index is 620. The van der Waals surface area contributed by atoms with E-state index >= 15 is 0 Å². The van der Waals surface area contributed by atoms with Crippen LogP contribution in [0, 0.1) is 0 Å². The Balaban J connectivity index is 2.46. The van der Waals surface area contributed by atoms with Crippen molar-refractivity contribution in [1.29, 1.82) is 0 Å². The van der Waals surface area contributed by atoms with Gasteiger partial charge in [-0.15, -0.1) is 6.58 Å². The molecule has 0 aliphatic rings. The van der Waals surface area contributed by atoms with Crippen molar-refractivity contribution in [1.82, 2.24) is 14.8 Å². The number of hydrogen-bond donors (Lipinski definition) is 0. The smallest absolute Gasteiger partial charge is 0.416 e. The van der Waals surface area contributed by atoms with Gasteiger partial charge >= 0.3 is 6.18 Å². The zero-order valence-corrected chi connectivity index (χ0v) is 10.7. The largest absolute Gasteiger partial charge is 0.497 e. The highest BCUT2D eigenvalue weighted by Gasteiger charge is 2.31. The number of aromatic nitrogens is 3. The van der Waals surface area contributed by atoms with Crippen molar-refractivity contribution in [3.63, 3.8) is 0 Å². The first-order chi connectivity index (χ1) is 9.44. The van der Waals surface area contributed by atoms with Gasteiger partial charge < -0.3 is 4.74 Å². The number of nitrogens with zero attached hydrogens (tertiary/aromatic N) is 3. The standard InChI is InChI=1S/C13H12F3N3O/c1-3-4-19-8-17-12(18-19)9-5-10(13(14,15)16)7-11(6-9)20-2/h3,5-8H,1,4H2,2H3. The lowest BCUT2D eigenvalue weighted by Crippen LogP contribution is -2.05. The van der Waals surface area contributed by atoms with Crippen LogP contribution in [-0.4, -0.2) is 21.9 Å². The maximum absolute atomic E-state index is 12.8. The molecule has 0 saturated carbocycles. The molecule has 7 heteroatoms. The Hall–Kier alpha value is -2.31. The summed E-state index contributed by atoms with van der Waals surface area (Å²) >= 11 is 0. The highest BCUT2D eigenvalue weighted by Crippen LogP contribution is 2.34. The molecule has 0 radical (unpaired) electrons. The van der Waals surface area contributed by atoms with Crippen molar-refractivity contribution in [3.8, 4) is 17.1 Å². The van der Waals surface area contributed by atoms with E-state index in [-0.39, 0.29) is 17.1 Å². The van der Waals surface area contributed by atoms with Gasteiger partial charge in [-0.05, 0) is 18.2 Å². The molecule has 1 aromatic heterocycles. The lowest BCUT2D eigenvalue weighted by atomic mass is 10.1. The molecule has 0 amide bonds. The molecule has 0 saturated heterocycles. The fourth-order valence-electron chi connectivity index (χ4n) is 1.66. The van der Waals surface area contributed by atoms with Crippen molar-refractivity contribution in [2.24, 2.45) is 0 Å². The van der Waals surface area contributed by atoms with E-state index in [1.807, 2.05) is 0 Å². The monoisotopic (exact) mass is 283 g/mol. The van der Waals surface area contributed by atoms with Crippen LogP contribution < -0.4 is 4.74 Å². The number of alkyl halides is 3. The number of hydrogen-bond acceptors (Lipinski definition) is 3. The summed E-state index contributed by atoms with van der Waals surface area (Å²) in [6.45, 7) is 3.99. The molecule has 2 aromatic rings. The van der Waals surface area contributed by atoms with Crippen LogP contribution in [0.15, 0.2) is 37.2 Å². The van der Waals surface area contributed by atoms with E-state index in [9.17, 15) is 13.2 Å². The topological polar surface area (TPSA) is 39.9 Å². The molecule has 106 valence electrons. The molecule has 1 aromatic carbocycles. The van der Waals surface area contributed by atoms with E-state index in [1.165, 1.54) is 24.2 Å². The summed E-state index contributed by atoms with van der Waals surface area (Å²) < 4.78 is 44.8. The molecule has 0 bridgehead atoms. The molecule has 0 unspecified atom stereocenters. The summed E-state index contributed by atoms with van der Waals surface area (Å²) in [5.74, 6) is 0.311. The van der Waals surface area contributed by atoms with Crippen molar-refractivity contribution < 1.29 is 17.9 Å². The normalized spacial score (nSPS) is 11.4. The third-order valence-corrected chi connectivity index (χ3v) is 2.58. The second kappa shape index (κ2) is 5.36.